The van der Waals surface area contributed by atoms with Gasteiger partial charge in [-0.3, -0.25) is 14.5 Å². The molecule has 180 valence electrons. The number of hydrogen-bond donors (Lipinski definition) is 1. The van der Waals surface area contributed by atoms with Crippen molar-refractivity contribution in [3.05, 3.63) is 51.4 Å². The van der Waals surface area contributed by atoms with Crippen LogP contribution in [0.4, 0.5) is 18.2 Å². The lowest BCUT2D eigenvalue weighted by atomic mass is 10.1. The summed E-state index contributed by atoms with van der Waals surface area (Å²) in [6.07, 6.45) is 0.458. The van der Waals surface area contributed by atoms with E-state index in [4.69, 9.17) is 0 Å². The van der Waals surface area contributed by atoms with E-state index in [1.807, 2.05) is 4.90 Å². The second-order valence-corrected chi connectivity index (χ2v) is 9.65. The molecule has 1 aliphatic carbocycles. The number of aryl methyl sites for hydroxylation is 1. The summed E-state index contributed by atoms with van der Waals surface area (Å²) in [5.41, 5.74) is 0.327. The van der Waals surface area contributed by atoms with Gasteiger partial charge in [-0.2, -0.15) is 18.4 Å². The van der Waals surface area contributed by atoms with Gasteiger partial charge < -0.3 is 10.2 Å². The fraction of sp³-hybridized carbons (Fsp3) is 0.458. The first-order valence-electron chi connectivity index (χ1n) is 11.3. The molecule has 2 aliphatic rings. The summed E-state index contributed by atoms with van der Waals surface area (Å²) in [6.45, 7) is 1.30. The summed E-state index contributed by atoms with van der Waals surface area (Å²) >= 11 is 1.48. The zero-order chi connectivity index (χ0) is 24.3. The number of carbonyl (C=O) groups excluding carboxylic acids is 2. The first kappa shape index (κ1) is 24.2. The molecule has 0 spiro atoms. The van der Waals surface area contributed by atoms with Gasteiger partial charge in [0.15, 0.2) is 0 Å². The molecule has 0 saturated carbocycles. The number of benzene rings is 1. The van der Waals surface area contributed by atoms with Gasteiger partial charge in [0.25, 0.3) is 5.91 Å². The van der Waals surface area contributed by atoms with Gasteiger partial charge in [-0.05, 0) is 43.4 Å². The third-order valence-corrected chi connectivity index (χ3v) is 7.48. The Balaban J connectivity index is 1.34. The monoisotopic (exact) mass is 490 g/mol. The highest BCUT2D eigenvalue weighted by Crippen LogP contribution is 2.37. The predicted molar refractivity (Wildman–Crippen MR) is 123 cm³/mol. The molecule has 2 aromatic rings. The number of nitrogens with one attached hydrogen (secondary N) is 1. The minimum Gasteiger partial charge on any atom is -0.336 e. The number of rotatable bonds is 4. The van der Waals surface area contributed by atoms with Crippen LogP contribution in [0.15, 0.2) is 24.3 Å². The number of anilines is 1. The maximum Gasteiger partial charge on any atom is 0.417 e. The second kappa shape index (κ2) is 10.2. The topological polar surface area (TPSA) is 76.4 Å². The van der Waals surface area contributed by atoms with Gasteiger partial charge in [-0.1, -0.05) is 18.6 Å². The SMILES string of the molecule is N#Cc1c(NC(=O)CN2CCN(C(=O)c3ccccc3C(F)(F)F)CC2)sc2c1CCCCC2. The molecule has 1 aromatic carbocycles. The van der Waals surface area contributed by atoms with Crippen LogP contribution in [0.1, 0.15) is 51.2 Å². The van der Waals surface area contributed by atoms with E-state index in [1.54, 1.807) is 0 Å². The lowest BCUT2D eigenvalue weighted by Crippen LogP contribution is -2.50. The van der Waals surface area contributed by atoms with Crippen molar-refractivity contribution in [3.63, 3.8) is 0 Å². The van der Waals surface area contributed by atoms with Crippen molar-refractivity contribution in [1.29, 1.82) is 5.26 Å². The highest BCUT2D eigenvalue weighted by atomic mass is 32.1. The van der Waals surface area contributed by atoms with Crippen LogP contribution in [0.3, 0.4) is 0 Å². The van der Waals surface area contributed by atoms with E-state index in [1.165, 1.54) is 39.3 Å². The van der Waals surface area contributed by atoms with Crippen molar-refractivity contribution < 1.29 is 22.8 Å². The maximum atomic E-state index is 13.3. The molecule has 2 amide bonds. The lowest BCUT2D eigenvalue weighted by molar-refractivity contribution is -0.138. The molecule has 1 saturated heterocycles. The molecule has 4 rings (SSSR count). The van der Waals surface area contributed by atoms with E-state index < -0.39 is 17.6 Å². The Bertz CT molecular complexity index is 1110. The highest BCUT2D eigenvalue weighted by Gasteiger charge is 2.36. The van der Waals surface area contributed by atoms with Crippen molar-refractivity contribution >= 4 is 28.2 Å². The number of piperazine rings is 1. The number of carbonyl (C=O) groups is 2. The number of alkyl halides is 3. The van der Waals surface area contributed by atoms with E-state index in [9.17, 15) is 28.0 Å². The number of amides is 2. The Hall–Kier alpha value is -2.90. The molecule has 0 radical (unpaired) electrons. The Morgan fingerprint density at radius 3 is 2.47 bits per heavy atom. The number of hydrogen-bond acceptors (Lipinski definition) is 5. The zero-order valence-electron chi connectivity index (χ0n) is 18.6. The fourth-order valence-corrected chi connectivity index (χ4v) is 5.77. The maximum absolute atomic E-state index is 13.3. The molecule has 6 nitrogen and oxygen atoms in total. The largest absolute Gasteiger partial charge is 0.417 e. The number of thiophene rings is 1. The Kier molecular flexibility index (Phi) is 7.24. The summed E-state index contributed by atoms with van der Waals surface area (Å²) in [6, 6.07) is 7.03. The van der Waals surface area contributed by atoms with E-state index in [-0.39, 0.29) is 31.1 Å². The summed E-state index contributed by atoms with van der Waals surface area (Å²) < 4.78 is 39.8. The van der Waals surface area contributed by atoms with Gasteiger partial charge in [-0.25, -0.2) is 0 Å². The van der Waals surface area contributed by atoms with Crippen molar-refractivity contribution in [2.45, 2.75) is 38.3 Å². The van der Waals surface area contributed by atoms with Crippen LogP contribution in [0.5, 0.6) is 0 Å². The normalized spacial score (nSPS) is 16.9. The van der Waals surface area contributed by atoms with Crippen molar-refractivity contribution in [3.8, 4) is 6.07 Å². The average Bonchev–Trinajstić information content (AvgIpc) is 2.97. The summed E-state index contributed by atoms with van der Waals surface area (Å²) in [4.78, 5) is 29.8. The predicted octanol–water partition coefficient (Wildman–Crippen LogP) is 4.30. The Morgan fingerprint density at radius 2 is 1.76 bits per heavy atom. The molecule has 1 aliphatic heterocycles. The molecular weight excluding hydrogens is 465 g/mol. The summed E-state index contributed by atoms with van der Waals surface area (Å²) in [5, 5.41) is 13.1. The van der Waals surface area contributed by atoms with Crippen LogP contribution in [0.2, 0.25) is 0 Å². The number of fused-ring (bicyclic) bond motifs is 1. The molecule has 0 unspecified atom stereocenters. The molecule has 1 aromatic heterocycles. The minimum atomic E-state index is -4.60. The van der Waals surface area contributed by atoms with Gasteiger partial charge in [0.05, 0.1) is 23.2 Å². The van der Waals surface area contributed by atoms with Crippen molar-refractivity contribution in [1.82, 2.24) is 9.80 Å². The highest BCUT2D eigenvalue weighted by molar-refractivity contribution is 7.16. The zero-order valence-corrected chi connectivity index (χ0v) is 19.4. The number of nitrogens with zero attached hydrogens (tertiary/aromatic N) is 3. The van der Waals surface area contributed by atoms with E-state index in [2.05, 4.69) is 11.4 Å². The van der Waals surface area contributed by atoms with Gasteiger partial charge in [0.1, 0.15) is 11.1 Å². The Morgan fingerprint density at radius 1 is 1.06 bits per heavy atom. The third kappa shape index (κ3) is 5.26. The number of nitriles is 1. The van der Waals surface area contributed by atoms with Crippen molar-refractivity contribution in [2.24, 2.45) is 0 Å². The molecule has 2 heterocycles. The van der Waals surface area contributed by atoms with Crippen LogP contribution >= 0.6 is 11.3 Å². The van der Waals surface area contributed by atoms with Crippen LogP contribution in [-0.2, 0) is 23.8 Å². The van der Waals surface area contributed by atoms with E-state index >= 15 is 0 Å². The summed E-state index contributed by atoms with van der Waals surface area (Å²) in [7, 11) is 0. The van der Waals surface area contributed by atoms with Crippen LogP contribution in [0.25, 0.3) is 0 Å². The second-order valence-electron chi connectivity index (χ2n) is 8.54. The van der Waals surface area contributed by atoms with Gasteiger partial charge in [0.2, 0.25) is 5.91 Å². The smallest absolute Gasteiger partial charge is 0.336 e. The molecule has 0 atom stereocenters. The van der Waals surface area contributed by atoms with E-state index in [0.29, 0.717) is 23.7 Å². The van der Waals surface area contributed by atoms with Crippen molar-refractivity contribution in [2.75, 3.05) is 38.0 Å². The molecular formula is C24H25F3N4O2S. The third-order valence-electron chi connectivity index (χ3n) is 6.28. The van der Waals surface area contributed by atoms with Gasteiger partial charge in [-0.15, -0.1) is 11.3 Å². The first-order valence-corrected chi connectivity index (χ1v) is 12.1. The molecule has 1 fully saturated rings. The first-order chi connectivity index (χ1) is 16.3. The molecule has 1 N–H and O–H groups in total. The van der Waals surface area contributed by atoms with Crippen LogP contribution < -0.4 is 5.32 Å². The van der Waals surface area contributed by atoms with Crippen LogP contribution in [0, 0.1) is 11.3 Å². The minimum absolute atomic E-state index is 0.0919. The summed E-state index contributed by atoms with van der Waals surface area (Å²) in [5.74, 6) is -0.897. The fourth-order valence-electron chi connectivity index (χ4n) is 4.51. The standard InChI is InChI=1S/C24H25F3N4O2S/c25-24(26,27)19-8-5-4-7-17(19)23(33)31-12-10-30(11-13-31)15-21(32)29-22-18(14-28)16-6-2-1-3-9-20(16)34-22/h4-5,7-8H,1-3,6,9-13,15H2,(H,29,32). The van der Waals surface area contributed by atoms with E-state index in [0.717, 1.165) is 43.7 Å². The molecule has 10 heteroatoms. The molecule has 34 heavy (non-hydrogen) atoms. The van der Waals surface area contributed by atoms with Crippen LogP contribution in [-0.4, -0.2) is 54.3 Å². The quantitative estimate of drug-likeness (QED) is 0.649. The lowest BCUT2D eigenvalue weighted by Gasteiger charge is -2.34. The Labute approximate surface area is 200 Å². The molecule has 0 bridgehead atoms. The average molecular weight is 491 g/mol. The number of halogens is 3. The van der Waals surface area contributed by atoms with Gasteiger partial charge in [0, 0.05) is 31.1 Å². The van der Waals surface area contributed by atoms with Gasteiger partial charge >= 0.3 is 6.18 Å².